The van der Waals surface area contributed by atoms with Gasteiger partial charge in [0, 0.05) is 30.4 Å². The number of aryl methyl sites for hydroxylation is 1. The van der Waals surface area contributed by atoms with Crippen molar-refractivity contribution in [2.75, 3.05) is 19.0 Å². The number of carbonyl (C=O) groups excluding carboxylic acids is 1. The Morgan fingerprint density at radius 1 is 1.29 bits per heavy atom. The Bertz CT molecular complexity index is 1020. The minimum absolute atomic E-state index is 0.134. The Morgan fingerprint density at radius 3 is 2.57 bits per heavy atom. The molecule has 0 spiro atoms. The molecule has 0 aliphatic heterocycles. The summed E-state index contributed by atoms with van der Waals surface area (Å²) in [6, 6.07) is 2.92. The van der Waals surface area contributed by atoms with Crippen LogP contribution in [0.4, 0.5) is 18.9 Å². The van der Waals surface area contributed by atoms with Crippen LogP contribution in [0, 0.1) is 11.8 Å². The van der Waals surface area contributed by atoms with E-state index in [0.717, 1.165) is 32.1 Å². The lowest BCUT2D eigenvalue weighted by molar-refractivity contribution is -0.138. The normalized spacial score (nSPS) is 19.3. The summed E-state index contributed by atoms with van der Waals surface area (Å²) >= 11 is 6.68. The monoisotopic (exact) mass is 514 g/mol. The number of alkyl halides is 3. The standard InChI is InChI=1S/C25H34ClF3N4O2/c1-5-12-33-23(19-11-10-18(13-20(19)35-4)31-16(3)25(27,28)29)21(26)22(32-33)24(34)30-14-17-8-6-15(2)7-9-17/h10-11,13,15-17,31H,5-9,12,14H2,1-4H3,(H,30,34)/t15?,16-,17?/m1/s1. The smallest absolute Gasteiger partial charge is 0.408 e. The number of nitrogens with zero attached hydrogens (tertiary/aromatic N) is 2. The second-order valence-electron chi connectivity index (χ2n) is 9.39. The van der Waals surface area contributed by atoms with Gasteiger partial charge in [-0.25, -0.2) is 0 Å². The fraction of sp³-hybridized carbons (Fsp3) is 0.600. The van der Waals surface area contributed by atoms with Crippen molar-refractivity contribution in [1.82, 2.24) is 15.1 Å². The van der Waals surface area contributed by atoms with Crippen LogP contribution in [0.15, 0.2) is 18.2 Å². The molecule has 0 radical (unpaired) electrons. The number of anilines is 1. The maximum absolute atomic E-state index is 13.0. The molecule has 6 nitrogen and oxygen atoms in total. The summed E-state index contributed by atoms with van der Waals surface area (Å²) in [5, 5.41) is 10.1. The van der Waals surface area contributed by atoms with Crippen molar-refractivity contribution in [3.63, 3.8) is 0 Å². The molecule has 10 heteroatoms. The highest BCUT2D eigenvalue weighted by molar-refractivity contribution is 6.36. The van der Waals surface area contributed by atoms with Crippen LogP contribution in [-0.4, -0.2) is 41.6 Å². The van der Waals surface area contributed by atoms with E-state index in [0.29, 0.717) is 36.0 Å². The number of benzene rings is 1. The van der Waals surface area contributed by atoms with Gasteiger partial charge in [0.2, 0.25) is 0 Å². The third kappa shape index (κ3) is 6.63. The van der Waals surface area contributed by atoms with E-state index in [1.165, 1.54) is 32.1 Å². The maximum Gasteiger partial charge on any atom is 0.408 e. The fourth-order valence-corrected chi connectivity index (χ4v) is 4.70. The van der Waals surface area contributed by atoms with E-state index in [2.05, 4.69) is 22.7 Å². The zero-order valence-corrected chi connectivity index (χ0v) is 21.4. The third-order valence-corrected chi connectivity index (χ3v) is 6.92. The average Bonchev–Trinajstić information content (AvgIpc) is 3.13. The third-order valence-electron chi connectivity index (χ3n) is 6.56. The molecule has 35 heavy (non-hydrogen) atoms. The molecule has 1 aromatic heterocycles. The first-order valence-electron chi connectivity index (χ1n) is 12.1. The minimum atomic E-state index is -4.38. The van der Waals surface area contributed by atoms with Gasteiger partial charge in [0.1, 0.15) is 11.8 Å². The molecule has 1 aromatic carbocycles. The molecule has 3 rings (SSSR count). The van der Waals surface area contributed by atoms with Gasteiger partial charge in [-0.05, 0) is 50.2 Å². The summed E-state index contributed by atoms with van der Waals surface area (Å²) in [5.41, 5.74) is 1.43. The van der Waals surface area contributed by atoms with Gasteiger partial charge in [-0.3, -0.25) is 9.48 Å². The van der Waals surface area contributed by atoms with E-state index in [4.69, 9.17) is 16.3 Å². The Hall–Kier alpha value is -2.42. The van der Waals surface area contributed by atoms with E-state index in [1.54, 1.807) is 10.7 Å². The topological polar surface area (TPSA) is 68.2 Å². The zero-order valence-electron chi connectivity index (χ0n) is 20.6. The molecule has 2 N–H and O–H groups in total. The van der Waals surface area contributed by atoms with Gasteiger partial charge in [-0.15, -0.1) is 0 Å². The second kappa shape index (κ2) is 11.5. The number of aromatic nitrogens is 2. The van der Waals surface area contributed by atoms with Crippen LogP contribution in [-0.2, 0) is 6.54 Å². The molecule has 1 amide bonds. The highest BCUT2D eigenvalue weighted by Gasteiger charge is 2.36. The minimum Gasteiger partial charge on any atom is -0.496 e. The van der Waals surface area contributed by atoms with Gasteiger partial charge in [0.05, 0.1) is 17.8 Å². The lowest BCUT2D eigenvalue weighted by Crippen LogP contribution is -2.33. The van der Waals surface area contributed by atoms with Crippen molar-refractivity contribution in [3.05, 3.63) is 28.9 Å². The van der Waals surface area contributed by atoms with Gasteiger partial charge in [0.15, 0.2) is 5.69 Å². The first-order valence-corrected chi connectivity index (χ1v) is 12.5. The predicted molar refractivity (Wildman–Crippen MR) is 132 cm³/mol. The summed E-state index contributed by atoms with van der Waals surface area (Å²) in [4.78, 5) is 13.0. The number of rotatable bonds is 9. The van der Waals surface area contributed by atoms with Crippen LogP contribution in [0.3, 0.4) is 0 Å². The Balaban J connectivity index is 1.86. The molecule has 1 saturated carbocycles. The van der Waals surface area contributed by atoms with E-state index in [9.17, 15) is 18.0 Å². The summed E-state index contributed by atoms with van der Waals surface area (Å²) in [6.07, 6.45) is 0.890. The number of methoxy groups -OCH3 is 1. The zero-order chi connectivity index (χ0) is 25.8. The number of nitrogens with one attached hydrogen (secondary N) is 2. The van der Waals surface area contributed by atoms with Crippen LogP contribution in [0.2, 0.25) is 5.02 Å². The quantitative estimate of drug-likeness (QED) is 0.398. The van der Waals surface area contributed by atoms with Crippen LogP contribution in [0.25, 0.3) is 11.3 Å². The molecule has 1 heterocycles. The van der Waals surface area contributed by atoms with Crippen LogP contribution in [0.1, 0.15) is 63.4 Å². The van der Waals surface area contributed by atoms with Crippen LogP contribution in [0.5, 0.6) is 5.75 Å². The fourth-order valence-electron chi connectivity index (χ4n) is 4.38. The van der Waals surface area contributed by atoms with Crippen molar-refractivity contribution in [2.45, 2.75) is 71.6 Å². The van der Waals surface area contributed by atoms with Gasteiger partial charge >= 0.3 is 6.18 Å². The number of ether oxygens (including phenoxy) is 1. The molecule has 0 bridgehead atoms. The van der Waals surface area contributed by atoms with E-state index >= 15 is 0 Å². The average molecular weight is 515 g/mol. The summed E-state index contributed by atoms with van der Waals surface area (Å²) in [7, 11) is 1.43. The summed E-state index contributed by atoms with van der Waals surface area (Å²) in [6.45, 7) is 6.37. The lowest BCUT2D eigenvalue weighted by atomic mass is 9.83. The van der Waals surface area contributed by atoms with Crippen molar-refractivity contribution in [3.8, 4) is 17.0 Å². The van der Waals surface area contributed by atoms with E-state index in [1.807, 2.05) is 6.92 Å². The van der Waals surface area contributed by atoms with Gasteiger partial charge in [-0.2, -0.15) is 18.3 Å². The van der Waals surface area contributed by atoms with Gasteiger partial charge < -0.3 is 15.4 Å². The van der Waals surface area contributed by atoms with Gasteiger partial charge in [0.25, 0.3) is 5.91 Å². The molecule has 2 aromatic rings. The Morgan fingerprint density at radius 2 is 1.97 bits per heavy atom. The van der Waals surface area contributed by atoms with Crippen molar-refractivity contribution >= 4 is 23.2 Å². The number of carbonyl (C=O) groups is 1. The lowest BCUT2D eigenvalue weighted by Gasteiger charge is -2.26. The number of amides is 1. The number of hydrogen-bond donors (Lipinski definition) is 2. The van der Waals surface area contributed by atoms with Gasteiger partial charge in [-0.1, -0.05) is 38.3 Å². The molecule has 1 atom stereocenters. The van der Waals surface area contributed by atoms with E-state index in [-0.39, 0.29) is 22.3 Å². The second-order valence-corrected chi connectivity index (χ2v) is 9.77. The largest absolute Gasteiger partial charge is 0.496 e. The molecule has 0 unspecified atom stereocenters. The molecular formula is C25H34ClF3N4O2. The highest BCUT2D eigenvalue weighted by Crippen LogP contribution is 2.39. The summed E-state index contributed by atoms with van der Waals surface area (Å²) < 4.78 is 46.0. The SMILES string of the molecule is CCCn1nc(C(=O)NCC2CCC(C)CC2)c(Cl)c1-c1ccc(N[C@H](C)C(F)(F)F)cc1OC. The maximum atomic E-state index is 13.0. The number of halogens is 4. The van der Waals surface area contributed by atoms with Crippen molar-refractivity contribution in [1.29, 1.82) is 0 Å². The Labute approximate surface area is 209 Å². The predicted octanol–water partition coefficient (Wildman–Crippen LogP) is 6.54. The molecule has 1 fully saturated rings. The van der Waals surface area contributed by atoms with Crippen molar-refractivity contribution in [2.24, 2.45) is 11.8 Å². The first kappa shape index (κ1) is 27.2. The number of hydrogen-bond acceptors (Lipinski definition) is 4. The van der Waals surface area contributed by atoms with E-state index < -0.39 is 12.2 Å². The van der Waals surface area contributed by atoms with Crippen molar-refractivity contribution < 1.29 is 22.7 Å². The first-order chi connectivity index (χ1) is 16.5. The molecular weight excluding hydrogens is 481 g/mol. The molecule has 0 saturated heterocycles. The Kier molecular flexibility index (Phi) is 8.96. The van der Waals surface area contributed by atoms with Crippen LogP contribution < -0.4 is 15.4 Å². The highest BCUT2D eigenvalue weighted by atomic mass is 35.5. The summed E-state index contributed by atoms with van der Waals surface area (Å²) in [5.74, 6) is 1.18. The molecule has 194 valence electrons. The molecule has 1 aliphatic rings. The van der Waals surface area contributed by atoms with Crippen LogP contribution >= 0.6 is 11.6 Å². The molecule has 1 aliphatic carbocycles.